The van der Waals surface area contributed by atoms with Gasteiger partial charge in [-0.15, -0.1) is 0 Å². The smallest absolute Gasteiger partial charge is 0.0556 e. The molecule has 0 aromatic carbocycles. The molecule has 0 heterocycles. The second-order valence-electron chi connectivity index (χ2n) is 4.37. The SMILES string of the molecule is C/C(C=NC1CCC(NCCO)CC1)=C/N. The van der Waals surface area contributed by atoms with Gasteiger partial charge in [-0.1, -0.05) is 0 Å². The molecular formula is C12H23N3O. The molecule has 0 aliphatic heterocycles. The van der Waals surface area contributed by atoms with Gasteiger partial charge in [0.05, 0.1) is 12.6 Å². The maximum atomic E-state index is 8.72. The summed E-state index contributed by atoms with van der Waals surface area (Å²) in [6.07, 6.45) is 7.99. The van der Waals surface area contributed by atoms with E-state index >= 15 is 0 Å². The number of aliphatic hydroxyl groups excluding tert-OH is 1. The molecule has 4 N–H and O–H groups in total. The van der Waals surface area contributed by atoms with Gasteiger partial charge >= 0.3 is 0 Å². The largest absolute Gasteiger partial charge is 0.404 e. The number of nitrogens with zero attached hydrogens (tertiary/aromatic N) is 1. The molecule has 4 nitrogen and oxygen atoms in total. The number of hydrogen-bond donors (Lipinski definition) is 3. The van der Waals surface area contributed by atoms with E-state index in [0.717, 1.165) is 31.3 Å². The van der Waals surface area contributed by atoms with Crippen LogP contribution in [0.2, 0.25) is 0 Å². The minimum absolute atomic E-state index is 0.221. The second kappa shape index (κ2) is 7.41. The van der Waals surface area contributed by atoms with E-state index in [4.69, 9.17) is 10.8 Å². The third-order valence-corrected chi connectivity index (χ3v) is 2.99. The zero-order chi connectivity index (χ0) is 11.8. The normalized spacial score (nSPS) is 27.5. The van der Waals surface area contributed by atoms with Crippen molar-refractivity contribution >= 4 is 6.21 Å². The lowest BCUT2D eigenvalue weighted by molar-refractivity contribution is 0.267. The number of rotatable bonds is 5. The lowest BCUT2D eigenvalue weighted by Crippen LogP contribution is -2.35. The Kier molecular flexibility index (Phi) is 6.11. The summed E-state index contributed by atoms with van der Waals surface area (Å²) in [4.78, 5) is 4.52. The van der Waals surface area contributed by atoms with Crippen LogP contribution in [0.15, 0.2) is 16.8 Å². The van der Waals surface area contributed by atoms with Crippen LogP contribution in [-0.2, 0) is 0 Å². The molecule has 0 saturated heterocycles. The molecular weight excluding hydrogens is 202 g/mol. The summed E-state index contributed by atoms with van der Waals surface area (Å²) in [7, 11) is 0. The average molecular weight is 225 g/mol. The Balaban J connectivity index is 2.24. The topological polar surface area (TPSA) is 70.6 Å². The van der Waals surface area contributed by atoms with Gasteiger partial charge in [0.2, 0.25) is 0 Å². The maximum Gasteiger partial charge on any atom is 0.0556 e. The van der Waals surface area contributed by atoms with Gasteiger partial charge < -0.3 is 16.2 Å². The van der Waals surface area contributed by atoms with E-state index in [2.05, 4.69) is 10.3 Å². The van der Waals surface area contributed by atoms with E-state index < -0.39 is 0 Å². The fourth-order valence-corrected chi connectivity index (χ4v) is 1.96. The molecule has 0 aromatic rings. The molecule has 0 radical (unpaired) electrons. The predicted octanol–water partition coefficient (Wildman–Crippen LogP) is 0.813. The Morgan fingerprint density at radius 2 is 2.12 bits per heavy atom. The Morgan fingerprint density at radius 1 is 1.44 bits per heavy atom. The minimum atomic E-state index is 0.221. The molecule has 16 heavy (non-hydrogen) atoms. The Hall–Kier alpha value is -0.870. The number of aliphatic imine (C=N–C) groups is 1. The van der Waals surface area contributed by atoms with Crippen molar-refractivity contribution in [2.75, 3.05) is 13.2 Å². The zero-order valence-electron chi connectivity index (χ0n) is 10.0. The van der Waals surface area contributed by atoms with Crippen LogP contribution in [0.3, 0.4) is 0 Å². The summed E-state index contributed by atoms with van der Waals surface area (Å²) in [5.41, 5.74) is 6.39. The molecule has 1 aliphatic rings. The van der Waals surface area contributed by atoms with Crippen molar-refractivity contribution in [2.24, 2.45) is 10.7 Å². The highest BCUT2D eigenvalue weighted by Crippen LogP contribution is 2.20. The van der Waals surface area contributed by atoms with Crippen molar-refractivity contribution in [3.8, 4) is 0 Å². The third kappa shape index (κ3) is 4.77. The van der Waals surface area contributed by atoms with Crippen LogP contribution in [0.4, 0.5) is 0 Å². The first kappa shape index (κ1) is 13.2. The third-order valence-electron chi connectivity index (χ3n) is 2.99. The van der Waals surface area contributed by atoms with Gasteiger partial charge in [0.1, 0.15) is 0 Å². The molecule has 0 atom stereocenters. The molecule has 0 amide bonds. The van der Waals surface area contributed by atoms with Gasteiger partial charge in [-0.25, -0.2) is 0 Å². The van der Waals surface area contributed by atoms with Gasteiger partial charge in [-0.2, -0.15) is 0 Å². The van der Waals surface area contributed by atoms with Crippen LogP contribution >= 0.6 is 0 Å². The van der Waals surface area contributed by atoms with E-state index in [1.807, 2.05) is 13.1 Å². The minimum Gasteiger partial charge on any atom is -0.404 e. The molecule has 0 aromatic heterocycles. The molecule has 0 unspecified atom stereocenters. The summed E-state index contributed by atoms with van der Waals surface area (Å²) in [6, 6.07) is 1.01. The van der Waals surface area contributed by atoms with Crippen LogP contribution in [0.5, 0.6) is 0 Å². The number of hydrogen-bond acceptors (Lipinski definition) is 4. The lowest BCUT2D eigenvalue weighted by atomic mass is 9.91. The summed E-state index contributed by atoms with van der Waals surface area (Å²) in [5.74, 6) is 0. The first-order chi connectivity index (χ1) is 7.76. The van der Waals surface area contributed by atoms with E-state index in [1.165, 1.54) is 0 Å². The highest BCUT2D eigenvalue weighted by Gasteiger charge is 2.19. The van der Waals surface area contributed by atoms with Gasteiger partial charge in [0, 0.05) is 18.8 Å². The lowest BCUT2D eigenvalue weighted by Gasteiger charge is -2.26. The average Bonchev–Trinajstić information content (AvgIpc) is 2.34. The quantitative estimate of drug-likeness (QED) is 0.606. The second-order valence-corrected chi connectivity index (χ2v) is 4.37. The van der Waals surface area contributed by atoms with E-state index in [0.29, 0.717) is 18.6 Å². The van der Waals surface area contributed by atoms with Gasteiger partial charge in [0.25, 0.3) is 0 Å². The van der Waals surface area contributed by atoms with Crippen molar-refractivity contribution in [1.29, 1.82) is 0 Å². The van der Waals surface area contributed by atoms with Crippen molar-refractivity contribution in [3.63, 3.8) is 0 Å². The zero-order valence-corrected chi connectivity index (χ0v) is 10.0. The van der Waals surface area contributed by atoms with E-state index in [1.54, 1.807) is 6.20 Å². The summed E-state index contributed by atoms with van der Waals surface area (Å²) < 4.78 is 0. The van der Waals surface area contributed by atoms with E-state index in [-0.39, 0.29) is 6.61 Å². The van der Waals surface area contributed by atoms with Crippen molar-refractivity contribution in [2.45, 2.75) is 44.7 Å². The van der Waals surface area contributed by atoms with Crippen LogP contribution in [-0.4, -0.2) is 36.6 Å². The van der Waals surface area contributed by atoms with Crippen LogP contribution in [0.25, 0.3) is 0 Å². The van der Waals surface area contributed by atoms with Crippen LogP contribution in [0.1, 0.15) is 32.6 Å². The number of allylic oxidation sites excluding steroid dienone is 1. The van der Waals surface area contributed by atoms with Crippen molar-refractivity contribution in [3.05, 3.63) is 11.8 Å². The monoisotopic (exact) mass is 225 g/mol. The molecule has 1 rings (SSSR count). The fraction of sp³-hybridized carbons (Fsp3) is 0.750. The standard InChI is InChI=1S/C12H23N3O/c1-10(8-13)9-15-12-4-2-11(3-5-12)14-6-7-16/h8-9,11-12,14,16H,2-7,13H2,1H3/b10-8-,15-9?. The molecule has 0 spiro atoms. The Morgan fingerprint density at radius 3 is 2.69 bits per heavy atom. The first-order valence-corrected chi connectivity index (χ1v) is 6.02. The molecule has 1 saturated carbocycles. The van der Waals surface area contributed by atoms with Crippen LogP contribution < -0.4 is 11.1 Å². The van der Waals surface area contributed by atoms with Gasteiger partial charge in [-0.05, 0) is 44.4 Å². The molecule has 4 heteroatoms. The highest BCUT2D eigenvalue weighted by atomic mass is 16.3. The van der Waals surface area contributed by atoms with Gasteiger partial charge in [0.15, 0.2) is 0 Å². The van der Waals surface area contributed by atoms with E-state index in [9.17, 15) is 0 Å². The summed E-state index contributed by atoms with van der Waals surface area (Å²) in [5, 5.41) is 12.1. The van der Waals surface area contributed by atoms with Crippen LogP contribution in [0, 0.1) is 0 Å². The van der Waals surface area contributed by atoms with Crippen molar-refractivity contribution < 1.29 is 5.11 Å². The predicted molar refractivity (Wildman–Crippen MR) is 67.6 cm³/mol. The molecule has 0 bridgehead atoms. The number of nitrogens with one attached hydrogen (secondary N) is 1. The molecule has 92 valence electrons. The number of aliphatic hydroxyl groups is 1. The summed E-state index contributed by atoms with van der Waals surface area (Å²) >= 11 is 0. The molecule has 1 aliphatic carbocycles. The van der Waals surface area contributed by atoms with Crippen molar-refractivity contribution in [1.82, 2.24) is 5.32 Å². The Labute approximate surface area is 97.6 Å². The Bertz CT molecular complexity index is 243. The maximum absolute atomic E-state index is 8.72. The summed E-state index contributed by atoms with van der Waals surface area (Å²) in [6.45, 7) is 2.88. The highest BCUT2D eigenvalue weighted by molar-refractivity contribution is 5.77. The van der Waals surface area contributed by atoms with Gasteiger partial charge in [-0.3, -0.25) is 4.99 Å². The fourth-order valence-electron chi connectivity index (χ4n) is 1.96. The molecule has 1 fully saturated rings. The number of nitrogens with two attached hydrogens (primary N) is 1. The first-order valence-electron chi connectivity index (χ1n) is 6.02.